The molecule has 2 heterocycles. The molecule has 6 aromatic carbocycles. The van der Waals surface area contributed by atoms with E-state index in [1.54, 1.807) is 12.1 Å². The first kappa shape index (κ1) is 41.8. The van der Waals surface area contributed by atoms with E-state index in [0.29, 0.717) is 12.1 Å². The van der Waals surface area contributed by atoms with Crippen LogP contribution in [0.4, 0.5) is 0 Å². The molecule has 4 atom stereocenters. The molecule has 55 heavy (non-hydrogen) atoms. The van der Waals surface area contributed by atoms with Crippen LogP contribution >= 0.6 is 15.8 Å². The van der Waals surface area contributed by atoms with Crippen LogP contribution in [0.15, 0.2) is 170 Å². The zero-order chi connectivity index (χ0) is 37.5. The minimum Gasteiger partial charge on any atom is -0.302 e. The zero-order valence-electron chi connectivity index (χ0n) is 31.6. The molecule has 8 rings (SSSR count). The van der Waals surface area contributed by atoms with E-state index >= 15 is 0 Å². The molecule has 0 spiro atoms. The molecule has 0 saturated carbocycles. The summed E-state index contributed by atoms with van der Waals surface area (Å²) in [4.78, 5) is 0. The average Bonchev–Trinajstić information content (AvgIpc) is 3.23. The van der Waals surface area contributed by atoms with Gasteiger partial charge in [-0.05, 0) is 83.6 Å². The topological polar surface area (TPSA) is 71.6 Å². The van der Waals surface area contributed by atoms with Crippen molar-refractivity contribution >= 4 is 37.1 Å². The monoisotopic (exact) mass is 800 g/mol. The Kier molecular flexibility index (Phi) is 16.4. The zero-order valence-corrected chi connectivity index (χ0v) is 34.7. The van der Waals surface area contributed by atoms with Gasteiger partial charge in [-0.2, -0.15) is 10.5 Å². The van der Waals surface area contributed by atoms with Gasteiger partial charge in [0.15, 0.2) is 0 Å². The van der Waals surface area contributed by atoms with E-state index in [2.05, 4.69) is 180 Å². The number of nitrogens with one attached hydrogen (secondary N) is 2. The first-order valence-electron chi connectivity index (χ1n) is 18.9. The largest absolute Gasteiger partial charge is 2.00 e. The Morgan fingerprint density at radius 1 is 0.455 bits per heavy atom. The van der Waals surface area contributed by atoms with Crippen LogP contribution in [0.2, 0.25) is 0 Å². The summed E-state index contributed by atoms with van der Waals surface area (Å²) in [7, 11) is -1.96. The van der Waals surface area contributed by atoms with E-state index in [1.807, 2.05) is 0 Å². The Bertz CT molecular complexity index is 1890. The maximum atomic E-state index is 7.32. The van der Waals surface area contributed by atoms with Crippen LogP contribution in [0.25, 0.3) is 0 Å². The minimum absolute atomic E-state index is 0. The summed E-state index contributed by atoms with van der Waals surface area (Å²) < 4.78 is 0. The van der Waals surface area contributed by atoms with Gasteiger partial charge in [0.05, 0.1) is 73.6 Å². The molecule has 0 bridgehead atoms. The standard InChI is InChI=1S/C44H42N2P2.2C2H3N.Fe/c1-5-19-37(20-6-1)47(38-21-7-2-8-22-38)31-35-29-33-17-13-15-27-41(33)43(45-35)44-42-28-16-14-18-34(42)30-36(46-44)32-48(39-23-9-3-10-24-39)40-25-11-4-12-26-40;2*1-2-3;/h1-28,35-36,43-46H,29-32H2;2*1H3;/q;;;+2/p+2/t35-,36-,43-,44-;;;/m0.../s1. The minimum atomic E-state index is -0.979. The Labute approximate surface area is 341 Å². The molecular weight excluding hydrogens is 750 g/mol. The third-order valence-corrected chi connectivity index (χ3v) is 16.2. The van der Waals surface area contributed by atoms with Gasteiger partial charge in [-0.25, -0.2) is 0 Å². The fourth-order valence-electron chi connectivity index (χ4n) is 8.05. The first-order valence-corrected chi connectivity index (χ1v) is 22.3. The van der Waals surface area contributed by atoms with Gasteiger partial charge in [-0.15, -0.1) is 0 Å². The van der Waals surface area contributed by atoms with Crippen LogP contribution < -0.4 is 31.9 Å². The van der Waals surface area contributed by atoms with Gasteiger partial charge in [0.25, 0.3) is 0 Å². The summed E-state index contributed by atoms with van der Waals surface area (Å²) in [5.41, 5.74) is 5.89. The number of hydrogen-bond acceptors (Lipinski definition) is 4. The van der Waals surface area contributed by atoms with Gasteiger partial charge in [-0.1, -0.05) is 121 Å². The van der Waals surface area contributed by atoms with E-state index in [0.717, 1.165) is 25.2 Å². The van der Waals surface area contributed by atoms with E-state index in [4.69, 9.17) is 10.5 Å². The molecular formula is C48H50FeN4P2+4. The molecule has 6 aromatic rings. The van der Waals surface area contributed by atoms with Gasteiger partial charge in [-0.3, -0.25) is 0 Å². The van der Waals surface area contributed by atoms with Crippen LogP contribution in [0.3, 0.4) is 0 Å². The van der Waals surface area contributed by atoms with Gasteiger partial charge in [0.1, 0.15) is 0 Å². The second-order valence-electron chi connectivity index (χ2n) is 13.8. The molecule has 0 radical (unpaired) electrons. The number of rotatable bonds is 9. The summed E-state index contributed by atoms with van der Waals surface area (Å²) in [6.07, 6.45) is 4.42. The summed E-state index contributed by atoms with van der Waals surface area (Å²) in [6, 6.07) is 68.1. The molecule has 0 fully saturated rings. The summed E-state index contributed by atoms with van der Waals surface area (Å²) in [6.45, 7) is 2.86. The molecule has 0 saturated heterocycles. The van der Waals surface area contributed by atoms with Crippen molar-refractivity contribution in [2.24, 2.45) is 0 Å². The molecule has 276 valence electrons. The number of nitriles is 2. The maximum Gasteiger partial charge on any atom is 2.00 e. The predicted octanol–water partition coefficient (Wildman–Crippen LogP) is 8.29. The van der Waals surface area contributed by atoms with Crippen molar-refractivity contribution in [1.82, 2.24) is 10.6 Å². The number of hydrogen-bond donors (Lipinski definition) is 2. The number of nitrogens with zero attached hydrogens (tertiary/aromatic N) is 2. The van der Waals surface area contributed by atoms with Crippen LogP contribution in [-0.4, -0.2) is 24.4 Å². The fourth-order valence-corrected chi connectivity index (χ4v) is 13.6. The van der Waals surface area contributed by atoms with Gasteiger partial charge < -0.3 is 10.6 Å². The molecule has 0 unspecified atom stereocenters. The Hall–Kier alpha value is -4.40. The molecule has 4 nitrogen and oxygen atoms in total. The Morgan fingerprint density at radius 3 is 1.00 bits per heavy atom. The van der Waals surface area contributed by atoms with Crippen molar-refractivity contribution in [3.05, 3.63) is 192 Å². The van der Waals surface area contributed by atoms with Crippen molar-refractivity contribution in [3.8, 4) is 12.1 Å². The van der Waals surface area contributed by atoms with E-state index in [1.165, 1.54) is 57.3 Å². The molecule has 0 amide bonds. The van der Waals surface area contributed by atoms with Crippen molar-refractivity contribution in [2.75, 3.05) is 12.3 Å². The van der Waals surface area contributed by atoms with Crippen molar-refractivity contribution < 1.29 is 17.1 Å². The van der Waals surface area contributed by atoms with Crippen LogP contribution in [-0.2, 0) is 29.9 Å². The molecule has 2 N–H and O–H groups in total. The van der Waals surface area contributed by atoms with Crippen LogP contribution in [0, 0.1) is 22.7 Å². The van der Waals surface area contributed by atoms with Gasteiger partial charge in [0.2, 0.25) is 0 Å². The predicted molar refractivity (Wildman–Crippen MR) is 233 cm³/mol. The average molecular weight is 801 g/mol. The molecule has 2 aliphatic rings. The third-order valence-electron chi connectivity index (χ3n) is 10.3. The van der Waals surface area contributed by atoms with Crippen LogP contribution in [0.5, 0.6) is 0 Å². The van der Waals surface area contributed by atoms with E-state index in [-0.39, 0.29) is 29.2 Å². The quantitative estimate of drug-likeness (QED) is 0.114. The second kappa shape index (κ2) is 21.6. The summed E-state index contributed by atoms with van der Waals surface area (Å²) in [5.74, 6) is 0. The van der Waals surface area contributed by atoms with Crippen LogP contribution in [0.1, 0.15) is 48.2 Å². The molecule has 0 aliphatic carbocycles. The SMILES string of the molecule is CC#N.CC#N.[Fe+2].c1ccc([PH+](C[C@@H]2Cc3ccccc3[C@@H]([C@H]3N[C@H](C[PH+](c4ccccc4)c4ccccc4)Cc4ccccc43)N2)c2ccccc2)cc1. The van der Waals surface area contributed by atoms with Gasteiger partial charge >= 0.3 is 17.1 Å². The van der Waals surface area contributed by atoms with Crippen molar-refractivity contribution in [3.63, 3.8) is 0 Å². The fraction of sp³-hybridized carbons (Fsp3) is 0.208. The maximum absolute atomic E-state index is 7.32. The molecule has 7 heteroatoms. The van der Waals surface area contributed by atoms with Crippen molar-refractivity contribution in [2.45, 2.75) is 50.9 Å². The smallest absolute Gasteiger partial charge is 0.302 e. The van der Waals surface area contributed by atoms with Gasteiger partial charge in [0, 0.05) is 25.9 Å². The normalized spacial score (nSPS) is 18.0. The third kappa shape index (κ3) is 10.9. The number of benzene rings is 6. The Morgan fingerprint density at radius 2 is 0.709 bits per heavy atom. The molecule has 2 aliphatic heterocycles. The number of fused-ring (bicyclic) bond motifs is 2. The summed E-state index contributed by atoms with van der Waals surface area (Å²) >= 11 is 0. The van der Waals surface area contributed by atoms with Crippen molar-refractivity contribution in [1.29, 1.82) is 10.5 Å². The van der Waals surface area contributed by atoms with E-state index < -0.39 is 15.8 Å². The summed E-state index contributed by atoms with van der Waals surface area (Å²) in [5, 5.41) is 29.2. The first-order chi connectivity index (χ1) is 26.6. The molecule has 0 aromatic heterocycles. The Balaban J connectivity index is 0.000000780. The second-order valence-corrected chi connectivity index (χ2v) is 18.8. The van der Waals surface area contributed by atoms with E-state index in [9.17, 15) is 0 Å².